The van der Waals surface area contributed by atoms with E-state index in [9.17, 15) is 0 Å². The number of hydrogen-bond acceptors (Lipinski definition) is 2. The minimum atomic E-state index is 0.617. The van der Waals surface area contributed by atoms with Gasteiger partial charge < -0.3 is 4.98 Å². The van der Waals surface area contributed by atoms with Crippen molar-refractivity contribution in [3.63, 3.8) is 0 Å². The molecule has 0 radical (unpaired) electrons. The van der Waals surface area contributed by atoms with Gasteiger partial charge in [-0.05, 0) is 48.6 Å². The van der Waals surface area contributed by atoms with Gasteiger partial charge in [0.25, 0.3) is 0 Å². The van der Waals surface area contributed by atoms with Gasteiger partial charge in [-0.2, -0.15) is 5.26 Å². The fourth-order valence-corrected chi connectivity index (χ4v) is 2.98. The first-order valence-electron chi connectivity index (χ1n) is 6.86. The average Bonchev–Trinajstić information content (AvgIpc) is 3.11. The van der Waals surface area contributed by atoms with E-state index in [2.05, 4.69) is 34.2 Å². The molecule has 0 fully saturated rings. The topological polar surface area (TPSA) is 52.5 Å². The Morgan fingerprint density at radius 2 is 2.00 bits per heavy atom. The lowest BCUT2D eigenvalue weighted by Crippen LogP contribution is -1.86. The number of aryl methyl sites for hydroxylation is 2. The molecule has 20 heavy (non-hydrogen) atoms. The van der Waals surface area contributed by atoms with Gasteiger partial charge in [0.2, 0.25) is 0 Å². The van der Waals surface area contributed by atoms with Crippen LogP contribution in [0.1, 0.15) is 23.1 Å². The predicted molar refractivity (Wildman–Crippen MR) is 78.3 cm³/mol. The van der Waals surface area contributed by atoms with Crippen molar-refractivity contribution >= 4 is 11.0 Å². The van der Waals surface area contributed by atoms with Crippen LogP contribution in [0.3, 0.4) is 0 Å². The van der Waals surface area contributed by atoms with Crippen LogP contribution in [-0.4, -0.2) is 9.97 Å². The van der Waals surface area contributed by atoms with Crippen LogP contribution in [0.15, 0.2) is 36.4 Å². The quantitative estimate of drug-likeness (QED) is 0.726. The highest BCUT2D eigenvalue weighted by atomic mass is 14.9. The summed E-state index contributed by atoms with van der Waals surface area (Å²) in [5.41, 5.74) is 6.29. The number of aromatic nitrogens is 2. The van der Waals surface area contributed by atoms with Gasteiger partial charge >= 0.3 is 0 Å². The molecular weight excluding hydrogens is 246 g/mol. The zero-order valence-corrected chi connectivity index (χ0v) is 11.0. The van der Waals surface area contributed by atoms with Gasteiger partial charge in [-0.15, -0.1) is 0 Å². The van der Waals surface area contributed by atoms with Crippen molar-refractivity contribution < 1.29 is 0 Å². The molecule has 3 nitrogen and oxygen atoms in total. The van der Waals surface area contributed by atoms with Crippen LogP contribution in [0.25, 0.3) is 22.4 Å². The first kappa shape index (κ1) is 11.2. The summed E-state index contributed by atoms with van der Waals surface area (Å²) in [6.45, 7) is 0. The molecule has 1 aliphatic carbocycles. The molecule has 0 unspecified atom stereocenters. The highest BCUT2D eigenvalue weighted by Crippen LogP contribution is 2.28. The van der Waals surface area contributed by atoms with Crippen LogP contribution in [-0.2, 0) is 12.8 Å². The molecule has 0 amide bonds. The summed E-state index contributed by atoms with van der Waals surface area (Å²) < 4.78 is 0. The fraction of sp³-hybridized carbons (Fsp3) is 0.176. The Morgan fingerprint density at radius 1 is 1.10 bits per heavy atom. The molecule has 0 spiro atoms. The molecule has 1 aliphatic rings. The summed E-state index contributed by atoms with van der Waals surface area (Å²) in [5.74, 6) is 0.845. The Hall–Kier alpha value is -2.60. The van der Waals surface area contributed by atoms with Crippen LogP contribution in [0.2, 0.25) is 0 Å². The van der Waals surface area contributed by atoms with Gasteiger partial charge in [-0.1, -0.05) is 18.2 Å². The van der Waals surface area contributed by atoms with E-state index in [1.54, 1.807) is 6.07 Å². The SMILES string of the molecule is N#Cc1cccc2[nH]c(-c3ccc4c(c3)CCC4)nc12. The van der Waals surface area contributed by atoms with E-state index in [0.717, 1.165) is 28.8 Å². The molecule has 0 atom stereocenters. The number of hydrogen-bond donors (Lipinski definition) is 1. The number of nitrogens with zero attached hydrogens (tertiary/aromatic N) is 2. The molecular formula is C17H13N3. The number of benzene rings is 2. The van der Waals surface area contributed by atoms with Crippen LogP contribution < -0.4 is 0 Å². The van der Waals surface area contributed by atoms with Crippen LogP contribution in [0.5, 0.6) is 0 Å². The van der Waals surface area contributed by atoms with E-state index in [0.29, 0.717) is 5.56 Å². The third-order valence-electron chi connectivity index (χ3n) is 4.01. The first-order chi connectivity index (χ1) is 9.85. The largest absolute Gasteiger partial charge is 0.338 e. The molecule has 3 aromatic rings. The summed E-state index contributed by atoms with van der Waals surface area (Å²) >= 11 is 0. The standard InChI is InChI=1S/C17H13N3/c18-10-14-5-2-6-15-16(14)20-17(19-15)13-8-7-11-3-1-4-12(11)9-13/h2,5-9H,1,3-4H2,(H,19,20). The monoisotopic (exact) mass is 259 g/mol. The number of imidazole rings is 1. The van der Waals surface area contributed by atoms with E-state index < -0.39 is 0 Å². The molecule has 0 saturated carbocycles. The van der Waals surface area contributed by atoms with Crippen molar-refractivity contribution in [1.29, 1.82) is 5.26 Å². The van der Waals surface area contributed by atoms with E-state index in [1.165, 1.54) is 24.0 Å². The van der Waals surface area contributed by atoms with Crippen molar-refractivity contribution in [3.05, 3.63) is 53.1 Å². The lowest BCUT2D eigenvalue weighted by Gasteiger charge is -2.01. The second-order valence-corrected chi connectivity index (χ2v) is 5.24. The normalized spacial score (nSPS) is 13.3. The molecule has 0 aliphatic heterocycles. The average molecular weight is 259 g/mol. The summed E-state index contributed by atoms with van der Waals surface area (Å²) in [6, 6.07) is 14.4. The Bertz CT molecular complexity index is 852. The Balaban J connectivity index is 1.89. The van der Waals surface area contributed by atoms with Gasteiger partial charge in [-0.25, -0.2) is 4.98 Å². The molecule has 0 bridgehead atoms. The Kier molecular flexibility index (Phi) is 2.37. The maximum absolute atomic E-state index is 9.14. The molecule has 3 heteroatoms. The van der Waals surface area contributed by atoms with Gasteiger partial charge in [0, 0.05) is 5.56 Å². The van der Waals surface area contributed by atoms with Crippen molar-refractivity contribution in [2.45, 2.75) is 19.3 Å². The maximum atomic E-state index is 9.14. The van der Waals surface area contributed by atoms with Gasteiger partial charge in [0.1, 0.15) is 17.4 Å². The summed E-state index contributed by atoms with van der Waals surface area (Å²) in [4.78, 5) is 7.92. The minimum Gasteiger partial charge on any atom is -0.338 e. The van der Waals surface area contributed by atoms with Gasteiger partial charge in [-0.3, -0.25) is 0 Å². The number of nitriles is 1. The third kappa shape index (κ3) is 1.62. The molecule has 1 heterocycles. The van der Waals surface area contributed by atoms with Crippen LogP contribution >= 0.6 is 0 Å². The van der Waals surface area contributed by atoms with E-state index in [1.807, 2.05) is 12.1 Å². The highest BCUT2D eigenvalue weighted by Gasteiger charge is 2.13. The molecule has 96 valence electrons. The van der Waals surface area contributed by atoms with Gasteiger partial charge in [0.05, 0.1) is 11.1 Å². The lowest BCUT2D eigenvalue weighted by molar-refractivity contribution is 0.912. The number of aromatic amines is 1. The molecule has 1 N–H and O–H groups in total. The zero-order chi connectivity index (χ0) is 13.5. The lowest BCUT2D eigenvalue weighted by atomic mass is 10.1. The Labute approximate surface area is 116 Å². The molecule has 2 aromatic carbocycles. The van der Waals surface area contributed by atoms with Gasteiger partial charge in [0.15, 0.2) is 0 Å². The maximum Gasteiger partial charge on any atom is 0.138 e. The van der Waals surface area contributed by atoms with Crippen molar-refractivity contribution in [3.8, 4) is 17.5 Å². The molecule has 4 rings (SSSR count). The van der Waals surface area contributed by atoms with E-state index in [4.69, 9.17) is 5.26 Å². The predicted octanol–water partition coefficient (Wildman–Crippen LogP) is 3.59. The zero-order valence-electron chi connectivity index (χ0n) is 11.0. The molecule has 1 aromatic heterocycles. The second kappa shape index (κ2) is 4.21. The fourth-order valence-electron chi connectivity index (χ4n) is 2.98. The van der Waals surface area contributed by atoms with E-state index >= 15 is 0 Å². The summed E-state index contributed by atoms with van der Waals surface area (Å²) in [5, 5.41) is 9.14. The van der Waals surface area contributed by atoms with E-state index in [-0.39, 0.29) is 0 Å². The van der Waals surface area contributed by atoms with Crippen LogP contribution in [0, 0.1) is 11.3 Å². The van der Waals surface area contributed by atoms with Crippen molar-refractivity contribution in [2.75, 3.05) is 0 Å². The third-order valence-corrected chi connectivity index (χ3v) is 4.01. The number of fused-ring (bicyclic) bond motifs is 2. The highest BCUT2D eigenvalue weighted by molar-refractivity contribution is 5.84. The number of rotatable bonds is 1. The number of para-hydroxylation sites is 1. The summed E-state index contributed by atoms with van der Waals surface area (Å²) in [7, 11) is 0. The van der Waals surface area contributed by atoms with Crippen LogP contribution in [0.4, 0.5) is 0 Å². The Morgan fingerprint density at radius 3 is 2.90 bits per heavy atom. The smallest absolute Gasteiger partial charge is 0.138 e. The summed E-state index contributed by atoms with van der Waals surface area (Å²) in [6.07, 6.45) is 3.60. The number of H-pyrrole nitrogens is 1. The van der Waals surface area contributed by atoms with Crippen molar-refractivity contribution in [2.24, 2.45) is 0 Å². The molecule has 0 saturated heterocycles. The number of nitrogens with one attached hydrogen (secondary N) is 1. The van der Waals surface area contributed by atoms with Crippen molar-refractivity contribution in [1.82, 2.24) is 9.97 Å². The second-order valence-electron chi connectivity index (χ2n) is 5.24. The minimum absolute atomic E-state index is 0.617. The first-order valence-corrected chi connectivity index (χ1v) is 6.86.